The Labute approximate surface area is 113 Å². The predicted molar refractivity (Wildman–Crippen MR) is 74.3 cm³/mol. The highest BCUT2D eigenvalue weighted by Gasteiger charge is 2.51. The molecule has 2 aliphatic heterocycles. The van der Waals surface area contributed by atoms with Crippen LogP contribution in [-0.4, -0.2) is 24.9 Å². The topological polar surface area (TPSA) is 30.5 Å². The van der Waals surface area contributed by atoms with Gasteiger partial charge in [0.1, 0.15) is 5.82 Å². The number of hydrogen-bond donors (Lipinski definition) is 1. The lowest BCUT2D eigenvalue weighted by Gasteiger charge is -2.32. The van der Waals surface area contributed by atoms with E-state index >= 15 is 0 Å². The van der Waals surface area contributed by atoms with E-state index in [0.717, 1.165) is 24.0 Å². The Morgan fingerprint density at radius 1 is 1.16 bits per heavy atom. The standard InChI is InChI=1S/C14H19BFNO2/c1-13(2)14(3,4)19-15(18-13)10-7-9-5-6-17-12(9)11(16)8-10/h7-8,17H,5-6H2,1-4H3. The van der Waals surface area contributed by atoms with Crippen molar-refractivity contribution in [1.29, 1.82) is 0 Å². The second-order valence-corrected chi connectivity index (χ2v) is 6.30. The maximum Gasteiger partial charge on any atom is 0.494 e. The van der Waals surface area contributed by atoms with Gasteiger partial charge in [0.15, 0.2) is 0 Å². The highest BCUT2D eigenvalue weighted by atomic mass is 19.1. The molecule has 0 atom stereocenters. The van der Waals surface area contributed by atoms with Crippen molar-refractivity contribution in [1.82, 2.24) is 0 Å². The first kappa shape index (κ1) is 12.9. The molecule has 0 unspecified atom stereocenters. The van der Waals surface area contributed by atoms with Gasteiger partial charge in [-0.2, -0.15) is 0 Å². The molecule has 0 aliphatic carbocycles. The average molecular weight is 263 g/mol. The maximum atomic E-state index is 14.0. The molecule has 0 aromatic heterocycles. The van der Waals surface area contributed by atoms with Gasteiger partial charge in [-0.1, -0.05) is 6.07 Å². The third kappa shape index (κ3) is 1.96. The van der Waals surface area contributed by atoms with Gasteiger partial charge in [0.2, 0.25) is 0 Å². The zero-order chi connectivity index (χ0) is 13.8. The Morgan fingerprint density at radius 3 is 2.42 bits per heavy atom. The Hall–Kier alpha value is -1.07. The van der Waals surface area contributed by atoms with E-state index in [9.17, 15) is 4.39 Å². The van der Waals surface area contributed by atoms with Crippen LogP contribution in [0.1, 0.15) is 33.3 Å². The fourth-order valence-corrected chi connectivity index (χ4v) is 2.52. The highest BCUT2D eigenvalue weighted by molar-refractivity contribution is 6.62. The molecular weight excluding hydrogens is 244 g/mol. The van der Waals surface area contributed by atoms with E-state index in [1.54, 1.807) is 0 Å². The van der Waals surface area contributed by atoms with Crippen molar-refractivity contribution in [2.45, 2.75) is 45.3 Å². The molecule has 0 amide bonds. The van der Waals surface area contributed by atoms with Crippen LogP contribution in [0.5, 0.6) is 0 Å². The van der Waals surface area contributed by atoms with Crippen molar-refractivity contribution in [3.05, 3.63) is 23.5 Å². The summed E-state index contributed by atoms with van der Waals surface area (Å²) in [7, 11) is -0.495. The number of benzene rings is 1. The first-order chi connectivity index (χ1) is 8.80. The van der Waals surface area contributed by atoms with Gasteiger partial charge >= 0.3 is 7.12 Å². The third-order valence-electron chi connectivity index (χ3n) is 4.42. The SMILES string of the molecule is CC1(C)OB(c2cc(F)c3c(c2)CCN3)OC1(C)C. The van der Waals surface area contributed by atoms with E-state index in [2.05, 4.69) is 5.32 Å². The van der Waals surface area contributed by atoms with Gasteiger partial charge in [-0.15, -0.1) is 0 Å². The van der Waals surface area contributed by atoms with Crippen molar-refractivity contribution in [2.75, 3.05) is 11.9 Å². The van der Waals surface area contributed by atoms with Crippen LogP contribution in [-0.2, 0) is 15.7 Å². The number of hydrogen-bond acceptors (Lipinski definition) is 3. The summed E-state index contributed by atoms with van der Waals surface area (Å²) in [5.74, 6) is -0.222. The number of anilines is 1. The molecule has 102 valence electrons. The summed E-state index contributed by atoms with van der Waals surface area (Å²) in [6.45, 7) is 8.78. The number of halogens is 1. The fourth-order valence-electron chi connectivity index (χ4n) is 2.52. The molecule has 3 rings (SSSR count). The van der Waals surface area contributed by atoms with Gasteiger partial charge < -0.3 is 14.6 Å². The molecule has 5 heteroatoms. The summed E-state index contributed by atoms with van der Waals surface area (Å²) in [5.41, 5.74) is 1.60. The first-order valence-electron chi connectivity index (χ1n) is 6.72. The summed E-state index contributed by atoms with van der Waals surface area (Å²) in [5, 5.41) is 3.06. The lowest BCUT2D eigenvalue weighted by atomic mass is 9.78. The second-order valence-electron chi connectivity index (χ2n) is 6.30. The Morgan fingerprint density at radius 2 is 1.79 bits per heavy atom. The molecule has 0 spiro atoms. The van der Waals surface area contributed by atoms with Crippen LogP contribution in [0, 0.1) is 5.82 Å². The fraction of sp³-hybridized carbons (Fsp3) is 0.571. The summed E-state index contributed by atoms with van der Waals surface area (Å²) < 4.78 is 25.9. The van der Waals surface area contributed by atoms with E-state index in [1.165, 1.54) is 6.07 Å². The van der Waals surface area contributed by atoms with E-state index in [0.29, 0.717) is 5.69 Å². The van der Waals surface area contributed by atoms with Gasteiger partial charge in [0, 0.05) is 6.54 Å². The molecule has 1 N–H and O–H groups in total. The molecule has 19 heavy (non-hydrogen) atoms. The number of rotatable bonds is 1. The van der Waals surface area contributed by atoms with Crippen LogP contribution < -0.4 is 10.8 Å². The lowest BCUT2D eigenvalue weighted by molar-refractivity contribution is 0.00578. The van der Waals surface area contributed by atoms with Crippen molar-refractivity contribution in [3.8, 4) is 0 Å². The first-order valence-corrected chi connectivity index (χ1v) is 6.72. The van der Waals surface area contributed by atoms with Crippen LogP contribution in [0.4, 0.5) is 10.1 Å². The van der Waals surface area contributed by atoms with Gasteiger partial charge in [-0.05, 0) is 51.2 Å². The molecule has 1 aromatic rings. The molecule has 0 bridgehead atoms. The molecule has 1 aromatic carbocycles. The smallest absolute Gasteiger partial charge is 0.399 e. The van der Waals surface area contributed by atoms with Crippen LogP contribution in [0.15, 0.2) is 12.1 Å². The predicted octanol–water partition coefficient (Wildman–Crippen LogP) is 2.09. The monoisotopic (exact) mass is 263 g/mol. The van der Waals surface area contributed by atoms with Gasteiger partial charge in [-0.3, -0.25) is 0 Å². The van der Waals surface area contributed by atoms with Crippen LogP contribution in [0.25, 0.3) is 0 Å². The minimum Gasteiger partial charge on any atom is -0.399 e. The van der Waals surface area contributed by atoms with Gasteiger partial charge in [0.25, 0.3) is 0 Å². The van der Waals surface area contributed by atoms with E-state index in [-0.39, 0.29) is 5.82 Å². The molecule has 1 fully saturated rings. The zero-order valence-electron chi connectivity index (χ0n) is 11.8. The van der Waals surface area contributed by atoms with Gasteiger partial charge in [-0.25, -0.2) is 4.39 Å². The normalized spacial score (nSPS) is 23.3. The largest absolute Gasteiger partial charge is 0.494 e. The zero-order valence-corrected chi connectivity index (χ0v) is 11.8. The summed E-state index contributed by atoms with van der Waals surface area (Å²) in [6.07, 6.45) is 0.847. The average Bonchev–Trinajstić information content (AvgIpc) is 2.82. The van der Waals surface area contributed by atoms with Crippen molar-refractivity contribution in [2.24, 2.45) is 0 Å². The molecule has 1 saturated heterocycles. The number of nitrogens with one attached hydrogen (secondary N) is 1. The Kier molecular flexibility index (Phi) is 2.70. The van der Waals surface area contributed by atoms with Crippen LogP contribution in [0.2, 0.25) is 0 Å². The van der Waals surface area contributed by atoms with E-state index in [4.69, 9.17) is 9.31 Å². The Balaban J connectivity index is 1.95. The molecule has 2 aliphatic rings. The van der Waals surface area contributed by atoms with Crippen molar-refractivity contribution in [3.63, 3.8) is 0 Å². The van der Waals surface area contributed by atoms with Crippen molar-refractivity contribution < 1.29 is 13.7 Å². The maximum absolute atomic E-state index is 14.0. The Bertz CT molecular complexity index is 514. The molecule has 2 heterocycles. The minimum atomic E-state index is -0.495. The summed E-state index contributed by atoms with van der Waals surface area (Å²) in [4.78, 5) is 0. The van der Waals surface area contributed by atoms with Crippen molar-refractivity contribution >= 4 is 18.3 Å². The molecule has 0 radical (unpaired) electrons. The van der Waals surface area contributed by atoms with E-state index in [1.807, 2.05) is 33.8 Å². The number of fused-ring (bicyclic) bond motifs is 1. The van der Waals surface area contributed by atoms with Crippen LogP contribution in [0.3, 0.4) is 0 Å². The summed E-state index contributed by atoms with van der Waals surface area (Å²) in [6, 6.07) is 3.50. The van der Waals surface area contributed by atoms with E-state index < -0.39 is 18.3 Å². The minimum absolute atomic E-state index is 0.222. The molecule has 0 saturated carbocycles. The highest BCUT2D eigenvalue weighted by Crippen LogP contribution is 2.37. The quantitative estimate of drug-likeness (QED) is 0.787. The van der Waals surface area contributed by atoms with Crippen LogP contribution >= 0.6 is 0 Å². The second kappa shape index (κ2) is 3.96. The third-order valence-corrected chi connectivity index (χ3v) is 4.42. The molecule has 3 nitrogen and oxygen atoms in total. The lowest BCUT2D eigenvalue weighted by Crippen LogP contribution is -2.41. The molecular formula is C14H19BFNO2. The summed E-state index contributed by atoms with van der Waals surface area (Å²) >= 11 is 0. The van der Waals surface area contributed by atoms with Gasteiger partial charge in [0.05, 0.1) is 16.9 Å².